The SMILES string of the molecule is CCC(C(=O)NC(C)C)N(Cc1ccc(C)cc1)C(=O)CN(c1ccc(Cl)cc1Cl)S(C)(=O)=O. The molecule has 2 amide bonds. The van der Waals surface area contributed by atoms with E-state index in [1.807, 2.05) is 52.0 Å². The smallest absolute Gasteiger partial charge is 0.244 e. The highest BCUT2D eigenvalue weighted by Gasteiger charge is 2.32. The molecule has 0 saturated carbocycles. The lowest BCUT2D eigenvalue weighted by atomic mass is 10.1. The average molecular weight is 529 g/mol. The number of amides is 2. The zero-order valence-corrected chi connectivity index (χ0v) is 22.3. The van der Waals surface area contributed by atoms with Gasteiger partial charge < -0.3 is 10.2 Å². The van der Waals surface area contributed by atoms with E-state index in [0.29, 0.717) is 11.4 Å². The van der Waals surface area contributed by atoms with E-state index in [2.05, 4.69) is 5.32 Å². The summed E-state index contributed by atoms with van der Waals surface area (Å²) >= 11 is 12.2. The molecule has 2 aromatic rings. The molecule has 0 bridgehead atoms. The van der Waals surface area contributed by atoms with E-state index in [4.69, 9.17) is 23.2 Å². The molecule has 0 fully saturated rings. The van der Waals surface area contributed by atoms with Crippen LogP contribution in [0.3, 0.4) is 0 Å². The van der Waals surface area contributed by atoms with E-state index in [-0.39, 0.29) is 29.2 Å². The number of nitrogens with zero attached hydrogens (tertiary/aromatic N) is 2. The van der Waals surface area contributed by atoms with Crippen molar-refractivity contribution in [2.24, 2.45) is 0 Å². The molecular weight excluding hydrogens is 497 g/mol. The molecule has 1 unspecified atom stereocenters. The van der Waals surface area contributed by atoms with Gasteiger partial charge in [-0.15, -0.1) is 0 Å². The number of nitrogens with one attached hydrogen (secondary N) is 1. The molecule has 0 aromatic heterocycles. The Morgan fingerprint density at radius 1 is 1.06 bits per heavy atom. The van der Waals surface area contributed by atoms with E-state index in [0.717, 1.165) is 21.7 Å². The molecule has 0 aliphatic rings. The van der Waals surface area contributed by atoms with Gasteiger partial charge in [-0.3, -0.25) is 13.9 Å². The van der Waals surface area contributed by atoms with Gasteiger partial charge >= 0.3 is 0 Å². The maximum atomic E-state index is 13.6. The first-order chi connectivity index (χ1) is 15.8. The quantitative estimate of drug-likeness (QED) is 0.495. The summed E-state index contributed by atoms with van der Waals surface area (Å²) in [5.41, 5.74) is 2.02. The van der Waals surface area contributed by atoms with Gasteiger partial charge in [0.1, 0.15) is 12.6 Å². The summed E-state index contributed by atoms with van der Waals surface area (Å²) < 4.78 is 26.2. The van der Waals surface area contributed by atoms with E-state index in [9.17, 15) is 18.0 Å². The van der Waals surface area contributed by atoms with Crippen LogP contribution in [0.5, 0.6) is 0 Å². The molecule has 1 N–H and O–H groups in total. The van der Waals surface area contributed by atoms with Crippen LogP contribution in [-0.4, -0.2) is 50.0 Å². The molecule has 0 aliphatic carbocycles. The second-order valence-electron chi connectivity index (χ2n) is 8.46. The minimum absolute atomic E-state index is 0.0976. The van der Waals surface area contributed by atoms with Gasteiger partial charge in [0, 0.05) is 17.6 Å². The van der Waals surface area contributed by atoms with Crippen LogP contribution in [-0.2, 0) is 26.2 Å². The number of aryl methyl sites for hydroxylation is 1. The summed E-state index contributed by atoms with van der Waals surface area (Å²) in [5.74, 6) is -0.823. The van der Waals surface area contributed by atoms with Crippen molar-refractivity contribution in [3.8, 4) is 0 Å². The predicted octanol–water partition coefficient (Wildman–Crippen LogP) is 4.40. The molecule has 0 saturated heterocycles. The van der Waals surface area contributed by atoms with Crippen LogP contribution in [0, 0.1) is 6.92 Å². The molecule has 0 aliphatic heterocycles. The Balaban J connectivity index is 2.46. The van der Waals surface area contributed by atoms with Gasteiger partial charge in [0.05, 0.1) is 17.0 Å². The van der Waals surface area contributed by atoms with Crippen molar-refractivity contribution in [2.45, 2.75) is 52.7 Å². The minimum atomic E-state index is -3.87. The summed E-state index contributed by atoms with van der Waals surface area (Å²) in [6.07, 6.45) is 1.36. The fourth-order valence-electron chi connectivity index (χ4n) is 3.47. The van der Waals surface area contributed by atoms with Crippen molar-refractivity contribution in [1.29, 1.82) is 0 Å². The van der Waals surface area contributed by atoms with Crippen molar-refractivity contribution in [3.05, 3.63) is 63.6 Å². The summed E-state index contributed by atoms with van der Waals surface area (Å²) in [4.78, 5) is 28.0. The van der Waals surface area contributed by atoms with E-state index < -0.39 is 28.5 Å². The summed E-state index contributed by atoms with van der Waals surface area (Å²) in [6, 6.07) is 11.1. The van der Waals surface area contributed by atoms with Crippen molar-refractivity contribution in [3.63, 3.8) is 0 Å². The first kappa shape index (κ1) is 28.0. The number of benzene rings is 2. The van der Waals surface area contributed by atoms with Crippen LogP contribution in [0.2, 0.25) is 10.0 Å². The van der Waals surface area contributed by atoms with Gasteiger partial charge in [-0.1, -0.05) is 60.0 Å². The Morgan fingerprint density at radius 3 is 2.18 bits per heavy atom. The highest BCUT2D eigenvalue weighted by molar-refractivity contribution is 7.92. The number of carbonyl (C=O) groups is 2. The van der Waals surface area contributed by atoms with Crippen LogP contribution >= 0.6 is 23.2 Å². The molecule has 0 spiro atoms. The van der Waals surface area contributed by atoms with E-state index in [1.165, 1.54) is 23.1 Å². The molecule has 1 atom stereocenters. The van der Waals surface area contributed by atoms with Crippen molar-refractivity contribution in [2.75, 3.05) is 17.1 Å². The lowest BCUT2D eigenvalue weighted by molar-refractivity contribution is -0.140. The van der Waals surface area contributed by atoms with Crippen LogP contribution in [0.25, 0.3) is 0 Å². The average Bonchev–Trinajstić information content (AvgIpc) is 2.72. The normalized spacial score (nSPS) is 12.4. The van der Waals surface area contributed by atoms with Crippen LogP contribution in [0.4, 0.5) is 5.69 Å². The Morgan fingerprint density at radius 2 is 1.68 bits per heavy atom. The highest BCUT2D eigenvalue weighted by atomic mass is 35.5. The lowest BCUT2D eigenvalue weighted by Gasteiger charge is -2.33. The number of halogens is 2. The zero-order chi connectivity index (χ0) is 25.6. The number of anilines is 1. The first-order valence-electron chi connectivity index (χ1n) is 10.9. The Hall–Kier alpha value is -2.29. The number of carbonyl (C=O) groups excluding carboxylic acids is 2. The first-order valence-corrected chi connectivity index (χ1v) is 13.5. The fourth-order valence-corrected chi connectivity index (χ4v) is 4.89. The Kier molecular flexibility index (Phi) is 9.79. The van der Waals surface area contributed by atoms with E-state index >= 15 is 0 Å². The van der Waals surface area contributed by atoms with Gasteiger partial charge in [0.2, 0.25) is 21.8 Å². The van der Waals surface area contributed by atoms with Crippen LogP contribution < -0.4 is 9.62 Å². The summed E-state index contributed by atoms with van der Waals surface area (Å²) in [5, 5.41) is 3.29. The number of sulfonamides is 1. The molecule has 2 aromatic carbocycles. The van der Waals surface area contributed by atoms with E-state index in [1.54, 1.807) is 0 Å². The molecule has 34 heavy (non-hydrogen) atoms. The molecule has 2 rings (SSSR count). The third-order valence-corrected chi connectivity index (χ3v) is 6.81. The number of hydrogen-bond donors (Lipinski definition) is 1. The number of hydrogen-bond acceptors (Lipinski definition) is 4. The molecule has 7 nitrogen and oxygen atoms in total. The minimum Gasteiger partial charge on any atom is -0.352 e. The molecule has 0 heterocycles. The molecule has 186 valence electrons. The lowest BCUT2D eigenvalue weighted by Crippen LogP contribution is -2.53. The third kappa shape index (κ3) is 7.61. The van der Waals surface area contributed by atoms with Gasteiger partial charge in [0.25, 0.3) is 0 Å². The zero-order valence-electron chi connectivity index (χ0n) is 20.0. The molecule has 10 heteroatoms. The second-order valence-corrected chi connectivity index (χ2v) is 11.2. The van der Waals surface area contributed by atoms with Gasteiger partial charge in [-0.2, -0.15) is 0 Å². The maximum absolute atomic E-state index is 13.6. The monoisotopic (exact) mass is 527 g/mol. The van der Waals surface area contributed by atoms with Crippen molar-refractivity contribution < 1.29 is 18.0 Å². The summed E-state index contributed by atoms with van der Waals surface area (Å²) in [7, 11) is -3.87. The van der Waals surface area contributed by atoms with Crippen molar-refractivity contribution >= 4 is 50.7 Å². The predicted molar refractivity (Wildman–Crippen MR) is 138 cm³/mol. The fraction of sp³-hybridized carbons (Fsp3) is 0.417. The van der Waals surface area contributed by atoms with Gasteiger partial charge in [0.15, 0.2) is 0 Å². The molecular formula is C24H31Cl2N3O4S. The Labute approximate surface area is 212 Å². The van der Waals surface area contributed by atoms with Gasteiger partial charge in [-0.05, 0) is 51.0 Å². The Bertz CT molecular complexity index is 1120. The maximum Gasteiger partial charge on any atom is 0.244 e. The summed E-state index contributed by atoms with van der Waals surface area (Å²) in [6.45, 7) is 7.07. The highest BCUT2D eigenvalue weighted by Crippen LogP contribution is 2.30. The van der Waals surface area contributed by atoms with Gasteiger partial charge in [-0.25, -0.2) is 8.42 Å². The topological polar surface area (TPSA) is 86.8 Å². The number of rotatable bonds is 10. The third-order valence-electron chi connectivity index (χ3n) is 5.15. The van der Waals surface area contributed by atoms with Crippen LogP contribution in [0.15, 0.2) is 42.5 Å². The van der Waals surface area contributed by atoms with Crippen molar-refractivity contribution in [1.82, 2.24) is 10.2 Å². The van der Waals surface area contributed by atoms with Crippen LogP contribution in [0.1, 0.15) is 38.3 Å². The second kappa shape index (κ2) is 11.9. The standard InChI is InChI=1S/C24H31Cl2N3O4S/c1-6-21(24(31)27-16(2)3)28(14-18-9-7-17(4)8-10-18)23(30)15-29(34(5,32)33)22-12-11-19(25)13-20(22)26/h7-13,16,21H,6,14-15H2,1-5H3,(H,27,31). The molecule has 0 radical (unpaired) electrons. The largest absolute Gasteiger partial charge is 0.352 e.